The Labute approximate surface area is 102 Å². The zero-order valence-electron chi connectivity index (χ0n) is 9.95. The van der Waals surface area contributed by atoms with E-state index in [0.29, 0.717) is 6.42 Å². The molecule has 5 heteroatoms. The molecule has 1 N–H and O–H groups in total. The summed E-state index contributed by atoms with van der Waals surface area (Å²) in [6, 6.07) is 0.0379. The van der Waals surface area contributed by atoms with E-state index in [1.54, 1.807) is 0 Å². The SMILES string of the molecule is CC(C)(C)OC(=O)NC1CCC(C(=O)S)C1. The van der Waals surface area contributed by atoms with Gasteiger partial charge in [-0.05, 0) is 40.0 Å². The first-order valence-electron chi connectivity index (χ1n) is 5.50. The molecule has 0 radical (unpaired) electrons. The predicted molar refractivity (Wildman–Crippen MR) is 64.5 cm³/mol. The third kappa shape index (κ3) is 4.43. The van der Waals surface area contributed by atoms with Gasteiger partial charge in [0.15, 0.2) is 5.12 Å². The minimum absolute atomic E-state index is 0.0247. The van der Waals surface area contributed by atoms with Gasteiger partial charge in [0.1, 0.15) is 5.60 Å². The first-order valence-corrected chi connectivity index (χ1v) is 5.95. The van der Waals surface area contributed by atoms with E-state index in [-0.39, 0.29) is 17.1 Å². The topological polar surface area (TPSA) is 55.4 Å². The highest BCUT2D eigenvalue weighted by atomic mass is 32.1. The lowest BCUT2D eigenvalue weighted by Gasteiger charge is -2.21. The number of hydrogen-bond acceptors (Lipinski definition) is 3. The number of ether oxygens (including phenoxy) is 1. The van der Waals surface area contributed by atoms with Gasteiger partial charge in [0.05, 0.1) is 0 Å². The summed E-state index contributed by atoms with van der Waals surface area (Å²) in [5, 5.41) is 2.68. The van der Waals surface area contributed by atoms with Gasteiger partial charge in [0, 0.05) is 12.0 Å². The van der Waals surface area contributed by atoms with Crippen LogP contribution in [0.25, 0.3) is 0 Å². The summed E-state index contributed by atoms with van der Waals surface area (Å²) >= 11 is 3.81. The monoisotopic (exact) mass is 245 g/mol. The molecular weight excluding hydrogens is 226 g/mol. The lowest BCUT2D eigenvalue weighted by molar-refractivity contribution is -0.114. The van der Waals surface area contributed by atoms with Gasteiger partial charge in [-0.1, -0.05) is 0 Å². The number of thiol groups is 1. The Morgan fingerprint density at radius 2 is 1.94 bits per heavy atom. The molecule has 4 nitrogen and oxygen atoms in total. The normalized spacial score (nSPS) is 25.2. The molecule has 16 heavy (non-hydrogen) atoms. The van der Waals surface area contributed by atoms with Crippen molar-refractivity contribution in [3.8, 4) is 0 Å². The van der Waals surface area contributed by atoms with Crippen LogP contribution in [0.2, 0.25) is 0 Å². The molecular formula is C11H19NO3S. The summed E-state index contributed by atoms with van der Waals surface area (Å²) in [5.41, 5.74) is -0.485. The summed E-state index contributed by atoms with van der Waals surface area (Å²) in [7, 11) is 0. The Kier molecular flexibility index (Phi) is 4.24. The number of amides is 1. The maximum atomic E-state index is 11.5. The number of carbonyl (C=O) groups excluding carboxylic acids is 2. The van der Waals surface area contributed by atoms with Gasteiger partial charge in [-0.2, -0.15) is 0 Å². The van der Waals surface area contributed by atoms with Crippen LogP contribution in [0.3, 0.4) is 0 Å². The van der Waals surface area contributed by atoms with E-state index in [9.17, 15) is 9.59 Å². The van der Waals surface area contributed by atoms with Gasteiger partial charge < -0.3 is 10.1 Å². The molecule has 2 unspecified atom stereocenters. The van der Waals surface area contributed by atoms with E-state index < -0.39 is 11.7 Å². The second kappa shape index (κ2) is 5.08. The number of carbonyl (C=O) groups is 2. The second-order valence-corrected chi connectivity index (χ2v) is 5.63. The first kappa shape index (κ1) is 13.4. The van der Waals surface area contributed by atoms with Gasteiger partial charge in [-0.3, -0.25) is 4.79 Å². The minimum Gasteiger partial charge on any atom is -0.444 e. The fourth-order valence-corrected chi connectivity index (χ4v) is 2.05. The number of hydrogen-bond donors (Lipinski definition) is 2. The summed E-state index contributed by atoms with van der Waals surface area (Å²) in [6.45, 7) is 5.46. The molecule has 1 rings (SSSR count). The van der Waals surface area contributed by atoms with E-state index in [2.05, 4.69) is 17.9 Å². The quantitative estimate of drug-likeness (QED) is 0.733. The van der Waals surface area contributed by atoms with E-state index in [4.69, 9.17) is 4.74 Å². The third-order valence-corrected chi connectivity index (χ3v) is 2.87. The van der Waals surface area contributed by atoms with Crippen LogP contribution >= 0.6 is 12.6 Å². The summed E-state index contributed by atoms with van der Waals surface area (Å²) < 4.78 is 5.14. The van der Waals surface area contributed by atoms with Gasteiger partial charge in [-0.25, -0.2) is 4.79 Å². The Morgan fingerprint density at radius 1 is 1.31 bits per heavy atom. The summed E-state index contributed by atoms with van der Waals surface area (Å²) in [5.74, 6) is -0.0247. The van der Waals surface area contributed by atoms with Crippen LogP contribution in [0.1, 0.15) is 40.0 Å². The highest BCUT2D eigenvalue weighted by Crippen LogP contribution is 2.27. The smallest absolute Gasteiger partial charge is 0.407 e. The minimum atomic E-state index is -0.485. The van der Waals surface area contributed by atoms with E-state index >= 15 is 0 Å². The molecule has 0 spiro atoms. The lowest BCUT2D eigenvalue weighted by atomic mass is 10.1. The molecule has 0 aromatic rings. The van der Waals surface area contributed by atoms with Crippen LogP contribution in [0, 0.1) is 5.92 Å². The van der Waals surface area contributed by atoms with Crippen molar-refractivity contribution in [1.82, 2.24) is 5.32 Å². The van der Waals surface area contributed by atoms with Crippen LogP contribution < -0.4 is 5.32 Å². The number of rotatable bonds is 2. The molecule has 1 amide bonds. The van der Waals surface area contributed by atoms with Crippen LogP contribution in [-0.2, 0) is 9.53 Å². The molecule has 0 aliphatic heterocycles. The number of alkyl carbamates (subject to hydrolysis) is 1. The van der Waals surface area contributed by atoms with Crippen molar-refractivity contribution in [1.29, 1.82) is 0 Å². The molecule has 2 atom stereocenters. The van der Waals surface area contributed by atoms with E-state index in [1.165, 1.54) is 0 Å². The van der Waals surface area contributed by atoms with Crippen LogP contribution in [0.5, 0.6) is 0 Å². The molecule has 1 fully saturated rings. The molecule has 0 bridgehead atoms. The zero-order valence-corrected chi connectivity index (χ0v) is 10.8. The second-order valence-electron chi connectivity index (χ2n) is 5.19. The first-order chi connectivity index (χ1) is 7.28. The molecule has 92 valence electrons. The molecule has 1 aliphatic rings. The van der Waals surface area contributed by atoms with Crippen molar-refractivity contribution < 1.29 is 14.3 Å². The van der Waals surface area contributed by atoms with Gasteiger partial charge >= 0.3 is 6.09 Å². The van der Waals surface area contributed by atoms with E-state index in [0.717, 1.165) is 12.8 Å². The van der Waals surface area contributed by atoms with Crippen molar-refractivity contribution in [2.75, 3.05) is 0 Å². The fourth-order valence-electron chi connectivity index (χ4n) is 1.81. The van der Waals surface area contributed by atoms with Gasteiger partial charge in [-0.15, -0.1) is 12.6 Å². The molecule has 0 saturated heterocycles. The average Bonchev–Trinajstić information content (AvgIpc) is 2.48. The van der Waals surface area contributed by atoms with Gasteiger partial charge in [0.25, 0.3) is 0 Å². The molecule has 1 saturated carbocycles. The molecule has 0 heterocycles. The Hall–Kier alpha value is -0.710. The average molecular weight is 245 g/mol. The highest BCUT2D eigenvalue weighted by molar-refractivity contribution is 7.96. The highest BCUT2D eigenvalue weighted by Gasteiger charge is 2.30. The van der Waals surface area contributed by atoms with Crippen LogP contribution in [0.15, 0.2) is 0 Å². The Balaban J connectivity index is 2.34. The third-order valence-electron chi connectivity index (χ3n) is 2.50. The summed E-state index contributed by atoms with van der Waals surface area (Å²) in [6.07, 6.45) is 1.87. The fraction of sp³-hybridized carbons (Fsp3) is 0.818. The predicted octanol–water partition coefficient (Wildman–Crippen LogP) is 2.14. The standard InChI is InChI=1S/C11H19NO3S/c1-11(2,3)15-10(14)12-8-5-4-7(6-8)9(13)16/h7-8H,4-6H2,1-3H3,(H,12,14)(H,13,16). The number of nitrogens with one attached hydrogen (secondary N) is 1. The van der Waals surface area contributed by atoms with Crippen molar-refractivity contribution in [2.24, 2.45) is 5.92 Å². The maximum absolute atomic E-state index is 11.5. The van der Waals surface area contributed by atoms with Crippen molar-refractivity contribution in [2.45, 2.75) is 51.7 Å². The maximum Gasteiger partial charge on any atom is 0.407 e. The van der Waals surface area contributed by atoms with E-state index in [1.807, 2.05) is 20.8 Å². The Morgan fingerprint density at radius 3 is 2.38 bits per heavy atom. The van der Waals surface area contributed by atoms with Gasteiger partial charge in [0.2, 0.25) is 0 Å². The van der Waals surface area contributed by atoms with Crippen molar-refractivity contribution in [3.63, 3.8) is 0 Å². The van der Waals surface area contributed by atoms with Crippen molar-refractivity contribution >= 4 is 23.8 Å². The van der Waals surface area contributed by atoms with Crippen LogP contribution in [-0.4, -0.2) is 22.9 Å². The Bertz CT molecular complexity index is 285. The summed E-state index contributed by atoms with van der Waals surface area (Å²) in [4.78, 5) is 22.5. The molecule has 0 aromatic heterocycles. The zero-order chi connectivity index (χ0) is 12.3. The largest absolute Gasteiger partial charge is 0.444 e. The lowest BCUT2D eigenvalue weighted by Crippen LogP contribution is -2.38. The molecule has 1 aliphatic carbocycles. The van der Waals surface area contributed by atoms with Crippen molar-refractivity contribution in [3.05, 3.63) is 0 Å². The van der Waals surface area contributed by atoms with Crippen LogP contribution in [0.4, 0.5) is 4.79 Å². The molecule has 0 aromatic carbocycles.